The zero-order valence-corrected chi connectivity index (χ0v) is 8.84. The highest BCUT2D eigenvalue weighted by Gasteiger charge is 1.84. The molecule has 0 rings (SSSR count). The minimum Gasteiger partial charge on any atom is -0.497 e. The molecule has 0 saturated heterocycles. The van der Waals surface area contributed by atoms with Crippen molar-refractivity contribution < 1.29 is 13.5 Å². The van der Waals surface area contributed by atoms with Crippen LogP contribution in [0.4, 0.5) is 8.78 Å². The molecule has 0 bridgehead atoms. The summed E-state index contributed by atoms with van der Waals surface area (Å²) >= 11 is 9.24. The Kier molecular flexibility index (Phi) is 21.0. The van der Waals surface area contributed by atoms with Gasteiger partial charge in [-0.2, -0.15) is 8.78 Å². The summed E-state index contributed by atoms with van der Waals surface area (Å²) in [6, 6.07) is 0. The summed E-state index contributed by atoms with van der Waals surface area (Å²) in [6.45, 7) is 5.22. The highest BCUT2D eigenvalue weighted by Crippen LogP contribution is 2.01. The van der Waals surface area contributed by atoms with Crippen LogP contribution >= 0.6 is 23.2 Å². The maximum Gasteiger partial charge on any atom is 0.223 e. The molecular formula is C9H16Cl2F2O. The largest absolute Gasteiger partial charge is 0.497 e. The molecule has 0 heterocycles. The maximum absolute atomic E-state index is 11.6. The Morgan fingerprint density at radius 2 is 1.86 bits per heavy atom. The predicted molar refractivity (Wildman–Crippen MR) is 58.7 cm³/mol. The first-order valence-corrected chi connectivity index (χ1v) is 4.39. The first kappa shape index (κ1) is 19.3. The average Bonchev–Trinajstić information content (AvgIpc) is 1.97. The summed E-state index contributed by atoms with van der Waals surface area (Å²) < 4.78 is 26.9. The first-order chi connectivity index (χ1) is 6.00. The van der Waals surface area contributed by atoms with E-state index in [0.717, 1.165) is 19.1 Å². The normalized spacial score (nSPS) is 9.36. The van der Waals surface area contributed by atoms with Crippen LogP contribution < -0.4 is 0 Å². The Morgan fingerprint density at radius 3 is 2.14 bits per heavy atom. The van der Waals surface area contributed by atoms with Crippen molar-refractivity contribution in [1.82, 2.24) is 0 Å². The second-order valence-corrected chi connectivity index (χ2v) is 2.74. The number of hydrogen-bond acceptors (Lipinski definition) is 1. The highest BCUT2D eigenvalue weighted by molar-refractivity contribution is 6.28. The van der Waals surface area contributed by atoms with E-state index in [1.165, 1.54) is 0 Å². The summed E-state index contributed by atoms with van der Waals surface area (Å²) in [6.07, 6.45) is 2.88. The molecule has 0 unspecified atom stereocenters. The molecule has 0 spiro atoms. The number of ether oxygens (including phenoxy) is 1. The summed E-state index contributed by atoms with van der Waals surface area (Å²) in [4.78, 5) is 0. The molecule has 0 amide bonds. The average molecular weight is 249 g/mol. The highest BCUT2D eigenvalue weighted by atomic mass is 35.5. The van der Waals surface area contributed by atoms with Gasteiger partial charge in [-0.3, -0.25) is 0 Å². The standard InChI is InChI=1S/C6H10ClFO.C2H2ClF.CH4/c1-2-3-4-9-5-6(7)8;1-2(3)4;/h5H,2-4H2,1H3;1H2;1H4. The van der Waals surface area contributed by atoms with Gasteiger partial charge in [-0.15, -0.1) is 0 Å². The minimum atomic E-state index is -0.861. The van der Waals surface area contributed by atoms with Crippen molar-refractivity contribution in [3.63, 3.8) is 0 Å². The second-order valence-electron chi connectivity index (χ2n) is 1.97. The van der Waals surface area contributed by atoms with E-state index in [1.54, 1.807) is 0 Å². The summed E-state index contributed by atoms with van der Waals surface area (Å²) in [5.74, 6) is 0. The van der Waals surface area contributed by atoms with Gasteiger partial charge in [0.1, 0.15) is 6.26 Å². The zero-order valence-electron chi connectivity index (χ0n) is 7.33. The van der Waals surface area contributed by atoms with Crippen LogP contribution in [-0.4, -0.2) is 6.61 Å². The van der Waals surface area contributed by atoms with Crippen molar-refractivity contribution >= 4 is 23.2 Å². The number of rotatable bonds is 4. The molecule has 0 N–H and O–H groups in total. The number of unbranched alkanes of at least 4 members (excludes halogenated alkanes) is 1. The lowest BCUT2D eigenvalue weighted by Gasteiger charge is -1.95. The van der Waals surface area contributed by atoms with Crippen molar-refractivity contribution in [3.8, 4) is 0 Å². The predicted octanol–water partition coefficient (Wildman–Crippen LogP) is 5.11. The quantitative estimate of drug-likeness (QED) is 0.496. The lowest BCUT2D eigenvalue weighted by Crippen LogP contribution is -1.84. The SMILES string of the molecule is C.C=C(F)Cl.CCCCOC=C(F)Cl. The number of hydrogen-bond donors (Lipinski definition) is 0. The minimum absolute atomic E-state index is 0. The molecule has 0 fully saturated rings. The van der Waals surface area contributed by atoms with Crippen LogP contribution in [-0.2, 0) is 4.74 Å². The monoisotopic (exact) mass is 248 g/mol. The van der Waals surface area contributed by atoms with E-state index >= 15 is 0 Å². The Morgan fingerprint density at radius 1 is 1.43 bits per heavy atom. The zero-order chi connectivity index (χ0) is 10.7. The van der Waals surface area contributed by atoms with Gasteiger partial charge in [0.15, 0.2) is 5.29 Å². The Labute approximate surface area is 94.3 Å². The van der Waals surface area contributed by atoms with Crippen LogP contribution in [0, 0.1) is 0 Å². The summed E-state index contributed by atoms with van der Waals surface area (Å²) in [7, 11) is 0. The topological polar surface area (TPSA) is 9.23 Å². The van der Waals surface area contributed by atoms with Crippen LogP contribution in [0.3, 0.4) is 0 Å². The van der Waals surface area contributed by atoms with Gasteiger partial charge in [0.05, 0.1) is 6.61 Å². The van der Waals surface area contributed by atoms with Gasteiger partial charge in [-0.25, -0.2) is 0 Å². The van der Waals surface area contributed by atoms with E-state index in [-0.39, 0.29) is 7.43 Å². The van der Waals surface area contributed by atoms with E-state index in [1.807, 2.05) is 6.92 Å². The third-order valence-corrected chi connectivity index (χ3v) is 0.877. The number of halogens is 4. The van der Waals surface area contributed by atoms with Gasteiger partial charge in [0, 0.05) is 0 Å². The Hall–Kier alpha value is -0.280. The fourth-order valence-corrected chi connectivity index (χ4v) is 0.413. The van der Waals surface area contributed by atoms with Crippen molar-refractivity contribution in [2.24, 2.45) is 0 Å². The third-order valence-electron chi connectivity index (χ3n) is 0.788. The van der Waals surface area contributed by atoms with Gasteiger partial charge < -0.3 is 4.74 Å². The van der Waals surface area contributed by atoms with Crippen LogP contribution in [0.1, 0.15) is 27.2 Å². The molecule has 14 heavy (non-hydrogen) atoms. The fraction of sp³-hybridized carbons (Fsp3) is 0.556. The second kappa shape index (κ2) is 15.2. The lowest BCUT2D eigenvalue weighted by molar-refractivity contribution is 0.237. The first-order valence-electron chi connectivity index (χ1n) is 3.63. The van der Waals surface area contributed by atoms with Gasteiger partial charge >= 0.3 is 0 Å². The van der Waals surface area contributed by atoms with E-state index < -0.39 is 10.6 Å². The summed E-state index contributed by atoms with van der Waals surface area (Å²) in [5, 5.41) is -1.66. The molecule has 0 atom stereocenters. The third kappa shape index (κ3) is 41.2. The van der Waals surface area contributed by atoms with Gasteiger partial charge in [0.2, 0.25) is 5.29 Å². The molecular weight excluding hydrogens is 233 g/mol. The van der Waals surface area contributed by atoms with Crippen molar-refractivity contribution in [1.29, 1.82) is 0 Å². The van der Waals surface area contributed by atoms with E-state index in [2.05, 4.69) is 22.9 Å². The molecule has 0 aliphatic heterocycles. The van der Waals surface area contributed by atoms with E-state index in [0.29, 0.717) is 6.61 Å². The summed E-state index contributed by atoms with van der Waals surface area (Å²) in [5.41, 5.74) is 0. The van der Waals surface area contributed by atoms with E-state index in [4.69, 9.17) is 11.6 Å². The Bertz CT molecular complexity index is 153. The molecule has 5 heteroatoms. The molecule has 0 aromatic carbocycles. The van der Waals surface area contributed by atoms with Crippen molar-refractivity contribution in [3.05, 3.63) is 23.4 Å². The molecule has 0 aromatic heterocycles. The molecule has 0 aliphatic rings. The van der Waals surface area contributed by atoms with Gasteiger partial charge in [-0.1, -0.05) is 39.0 Å². The van der Waals surface area contributed by atoms with E-state index in [9.17, 15) is 8.78 Å². The smallest absolute Gasteiger partial charge is 0.223 e. The van der Waals surface area contributed by atoms with Crippen molar-refractivity contribution in [2.75, 3.05) is 6.61 Å². The maximum atomic E-state index is 11.6. The molecule has 0 saturated carbocycles. The lowest BCUT2D eigenvalue weighted by atomic mass is 10.4. The van der Waals surface area contributed by atoms with Crippen LogP contribution in [0.25, 0.3) is 0 Å². The Balaban J connectivity index is -0.000000209. The molecule has 1 nitrogen and oxygen atoms in total. The fourth-order valence-electron chi connectivity index (χ4n) is 0.350. The van der Waals surface area contributed by atoms with Gasteiger partial charge in [-0.05, 0) is 18.0 Å². The van der Waals surface area contributed by atoms with Crippen molar-refractivity contribution in [2.45, 2.75) is 27.2 Å². The van der Waals surface area contributed by atoms with Crippen LogP contribution in [0.15, 0.2) is 23.4 Å². The molecule has 0 radical (unpaired) electrons. The molecule has 86 valence electrons. The van der Waals surface area contributed by atoms with Crippen LogP contribution in [0.5, 0.6) is 0 Å². The molecule has 0 aliphatic carbocycles. The molecule has 0 aromatic rings. The van der Waals surface area contributed by atoms with Crippen LogP contribution in [0.2, 0.25) is 0 Å². The van der Waals surface area contributed by atoms with Gasteiger partial charge in [0.25, 0.3) is 0 Å².